The Kier molecular flexibility index (Phi) is 2.54. The zero-order valence-electron chi connectivity index (χ0n) is 13.1. The van der Waals surface area contributed by atoms with Crippen LogP contribution in [0.15, 0.2) is 60.7 Å². The second kappa shape index (κ2) is 4.60. The van der Waals surface area contributed by atoms with E-state index in [2.05, 4.69) is 78.7 Å². The van der Waals surface area contributed by atoms with Crippen LogP contribution in [0.4, 0.5) is 0 Å². The van der Waals surface area contributed by atoms with Crippen LogP contribution < -0.4 is 0 Å². The van der Waals surface area contributed by atoms with Crippen molar-refractivity contribution in [3.8, 4) is 11.1 Å². The second-order valence-corrected chi connectivity index (χ2v) is 6.32. The van der Waals surface area contributed by atoms with Gasteiger partial charge in [0.1, 0.15) is 0 Å². The summed E-state index contributed by atoms with van der Waals surface area (Å²) in [7, 11) is 0. The van der Waals surface area contributed by atoms with Crippen molar-refractivity contribution in [1.29, 1.82) is 0 Å². The molecule has 0 atom stereocenters. The fourth-order valence-electron chi connectivity index (χ4n) is 3.97. The van der Waals surface area contributed by atoms with Gasteiger partial charge in [-0.1, -0.05) is 60.7 Å². The number of nitrogens with one attached hydrogen (secondary N) is 1. The quantitative estimate of drug-likeness (QED) is 0.452. The molecule has 0 radical (unpaired) electrons. The van der Waals surface area contributed by atoms with E-state index in [0.717, 1.165) is 6.42 Å². The van der Waals surface area contributed by atoms with Gasteiger partial charge in [0.25, 0.3) is 0 Å². The lowest BCUT2D eigenvalue weighted by atomic mass is 9.88. The largest absolute Gasteiger partial charge is 0.358 e. The standard InChI is InChI=1S/C22H17N/c1-14-21(19-9-2-3-11-20(19)23-14)18-13-12-16-7-4-6-15-8-5-10-17(18)22(15)16/h2-6,8-13,23H,7H2,1H3. The lowest BCUT2D eigenvalue weighted by Gasteiger charge is -2.16. The molecule has 0 amide bonds. The van der Waals surface area contributed by atoms with E-state index in [9.17, 15) is 0 Å². The maximum Gasteiger partial charge on any atom is 0.0462 e. The van der Waals surface area contributed by atoms with Crippen LogP contribution in [0.1, 0.15) is 16.8 Å². The number of aromatic nitrogens is 1. The average molecular weight is 295 g/mol. The fraction of sp³-hybridized carbons (Fsp3) is 0.0909. The summed E-state index contributed by atoms with van der Waals surface area (Å²) in [6.07, 6.45) is 5.54. The van der Waals surface area contributed by atoms with Crippen LogP contribution in [-0.4, -0.2) is 4.98 Å². The summed E-state index contributed by atoms with van der Waals surface area (Å²) in [5.41, 5.74) is 7.87. The van der Waals surface area contributed by atoms with Crippen molar-refractivity contribution in [2.75, 3.05) is 0 Å². The molecule has 5 rings (SSSR count). The number of aryl methyl sites for hydroxylation is 1. The van der Waals surface area contributed by atoms with Gasteiger partial charge >= 0.3 is 0 Å². The zero-order chi connectivity index (χ0) is 15.4. The maximum atomic E-state index is 3.53. The van der Waals surface area contributed by atoms with Gasteiger partial charge < -0.3 is 4.98 Å². The number of hydrogen-bond donors (Lipinski definition) is 1. The molecular weight excluding hydrogens is 278 g/mol. The van der Waals surface area contributed by atoms with E-state index in [1.165, 1.54) is 49.6 Å². The molecule has 110 valence electrons. The molecule has 0 saturated carbocycles. The average Bonchev–Trinajstić information content (AvgIpc) is 2.92. The topological polar surface area (TPSA) is 15.8 Å². The number of H-pyrrole nitrogens is 1. The number of para-hydroxylation sites is 1. The predicted octanol–water partition coefficient (Wildman–Crippen LogP) is 5.87. The summed E-state index contributed by atoms with van der Waals surface area (Å²) < 4.78 is 0. The maximum absolute atomic E-state index is 3.53. The molecule has 1 heteroatoms. The summed E-state index contributed by atoms with van der Waals surface area (Å²) in [4.78, 5) is 3.53. The third-order valence-electron chi connectivity index (χ3n) is 4.96. The van der Waals surface area contributed by atoms with Crippen molar-refractivity contribution < 1.29 is 0 Å². The molecule has 1 nitrogen and oxygen atoms in total. The molecule has 3 aromatic carbocycles. The molecule has 1 aliphatic rings. The first-order valence-electron chi connectivity index (χ1n) is 8.12. The Balaban J connectivity index is 1.93. The van der Waals surface area contributed by atoms with Crippen LogP contribution in [0.5, 0.6) is 0 Å². The van der Waals surface area contributed by atoms with Crippen molar-refractivity contribution in [2.45, 2.75) is 13.3 Å². The van der Waals surface area contributed by atoms with Gasteiger partial charge in [-0.2, -0.15) is 0 Å². The van der Waals surface area contributed by atoms with Gasteiger partial charge in [0.15, 0.2) is 0 Å². The Labute approximate surface area is 135 Å². The van der Waals surface area contributed by atoms with Gasteiger partial charge in [0.05, 0.1) is 0 Å². The van der Waals surface area contributed by atoms with Gasteiger partial charge in [-0.05, 0) is 46.9 Å². The van der Waals surface area contributed by atoms with E-state index in [0.29, 0.717) is 0 Å². The van der Waals surface area contributed by atoms with Crippen LogP contribution in [0, 0.1) is 6.92 Å². The highest BCUT2D eigenvalue weighted by Crippen LogP contribution is 2.39. The number of fused-ring (bicyclic) bond motifs is 1. The van der Waals surface area contributed by atoms with Crippen molar-refractivity contribution in [1.82, 2.24) is 4.98 Å². The highest BCUT2D eigenvalue weighted by atomic mass is 14.7. The number of aromatic amines is 1. The molecule has 1 aliphatic carbocycles. The molecule has 0 unspecified atom stereocenters. The van der Waals surface area contributed by atoms with Gasteiger partial charge in [-0.3, -0.25) is 0 Å². The Morgan fingerprint density at radius 2 is 1.74 bits per heavy atom. The van der Waals surface area contributed by atoms with E-state index >= 15 is 0 Å². The minimum atomic E-state index is 1.03. The van der Waals surface area contributed by atoms with E-state index in [-0.39, 0.29) is 0 Å². The molecule has 0 bridgehead atoms. The molecule has 4 aromatic rings. The summed E-state index contributed by atoms with van der Waals surface area (Å²) in [6.45, 7) is 2.17. The van der Waals surface area contributed by atoms with Crippen LogP contribution in [-0.2, 0) is 6.42 Å². The van der Waals surface area contributed by atoms with Gasteiger partial charge in [-0.15, -0.1) is 0 Å². The van der Waals surface area contributed by atoms with Gasteiger partial charge in [0, 0.05) is 22.2 Å². The first-order valence-corrected chi connectivity index (χ1v) is 8.12. The van der Waals surface area contributed by atoms with Crippen molar-refractivity contribution >= 4 is 27.8 Å². The summed E-state index contributed by atoms with van der Waals surface area (Å²) in [6, 6.07) is 19.8. The number of allylic oxidation sites excluding steroid dienone is 1. The first-order chi connectivity index (χ1) is 11.3. The van der Waals surface area contributed by atoms with E-state index in [1.807, 2.05) is 0 Å². The lowest BCUT2D eigenvalue weighted by Crippen LogP contribution is -1.94. The van der Waals surface area contributed by atoms with Crippen LogP contribution in [0.3, 0.4) is 0 Å². The third kappa shape index (κ3) is 1.74. The van der Waals surface area contributed by atoms with E-state index in [1.54, 1.807) is 0 Å². The zero-order valence-corrected chi connectivity index (χ0v) is 13.1. The Hall–Kier alpha value is -2.80. The normalized spacial score (nSPS) is 13.1. The van der Waals surface area contributed by atoms with Crippen molar-refractivity contribution in [3.05, 3.63) is 77.5 Å². The van der Waals surface area contributed by atoms with Gasteiger partial charge in [0.2, 0.25) is 0 Å². The highest BCUT2D eigenvalue weighted by molar-refractivity contribution is 6.09. The Bertz CT molecular complexity index is 1100. The van der Waals surface area contributed by atoms with E-state index < -0.39 is 0 Å². The molecule has 23 heavy (non-hydrogen) atoms. The molecule has 0 fully saturated rings. The first kappa shape index (κ1) is 12.7. The molecule has 0 spiro atoms. The molecule has 0 aliphatic heterocycles. The van der Waals surface area contributed by atoms with Crippen molar-refractivity contribution in [2.24, 2.45) is 0 Å². The lowest BCUT2D eigenvalue weighted by molar-refractivity contribution is 1.28. The SMILES string of the molecule is Cc1[nH]c2ccccc2c1-c1ccc2c3c(cccc13)C=CC2. The van der Waals surface area contributed by atoms with Crippen LogP contribution in [0.25, 0.3) is 38.9 Å². The third-order valence-corrected chi connectivity index (χ3v) is 4.96. The van der Waals surface area contributed by atoms with Gasteiger partial charge in [-0.25, -0.2) is 0 Å². The smallest absolute Gasteiger partial charge is 0.0462 e. The monoisotopic (exact) mass is 295 g/mol. The summed E-state index contributed by atoms with van der Waals surface area (Å²) >= 11 is 0. The molecule has 0 saturated heterocycles. The number of benzene rings is 3. The fourth-order valence-corrected chi connectivity index (χ4v) is 3.97. The number of hydrogen-bond acceptors (Lipinski definition) is 0. The van der Waals surface area contributed by atoms with Crippen molar-refractivity contribution in [3.63, 3.8) is 0 Å². The van der Waals surface area contributed by atoms with E-state index in [4.69, 9.17) is 0 Å². The minimum absolute atomic E-state index is 1.03. The molecule has 1 heterocycles. The highest BCUT2D eigenvalue weighted by Gasteiger charge is 2.16. The van der Waals surface area contributed by atoms with Crippen LogP contribution >= 0.6 is 0 Å². The Morgan fingerprint density at radius 1 is 0.870 bits per heavy atom. The molecule has 1 N–H and O–H groups in total. The summed E-state index contributed by atoms with van der Waals surface area (Å²) in [5, 5.41) is 4.08. The molecule has 1 aromatic heterocycles. The van der Waals surface area contributed by atoms with Crippen LogP contribution in [0.2, 0.25) is 0 Å². The second-order valence-electron chi connectivity index (χ2n) is 6.32. The Morgan fingerprint density at radius 3 is 2.70 bits per heavy atom. The minimum Gasteiger partial charge on any atom is -0.358 e. The predicted molar refractivity (Wildman–Crippen MR) is 98.7 cm³/mol. The summed E-state index contributed by atoms with van der Waals surface area (Å²) in [5.74, 6) is 0. The molecular formula is C22H17N. The number of rotatable bonds is 1.